The van der Waals surface area contributed by atoms with Gasteiger partial charge in [-0.05, 0) is 43.5 Å². The summed E-state index contributed by atoms with van der Waals surface area (Å²) in [4.78, 5) is 11.5. The van der Waals surface area contributed by atoms with E-state index in [0.29, 0.717) is 30.2 Å². The fourth-order valence-electron chi connectivity index (χ4n) is 3.03. The summed E-state index contributed by atoms with van der Waals surface area (Å²) in [5, 5.41) is 12.4. The van der Waals surface area contributed by atoms with Gasteiger partial charge >= 0.3 is 5.97 Å². The van der Waals surface area contributed by atoms with Gasteiger partial charge in [0.05, 0.1) is 11.1 Å². The molecule has 128 valence electrons. The Morgan fingerprint density at radius 1 is 1.30 bits per heavy atom. The molecule has 1 aromatic rings. The fraction of sp³-hybridized carbons (Fsp3) is 0.533. The van der Waals surface area contributed by atoms with Gasteiger partial charge in [0.25, 0.3) is 0 Å². The molecule has 2 heterocycles. The zero-order valence-electron chi connectivity index (χ0n) is 12.5. The summed E-state index contributed by atoms with van der Waals surface area (Å²) in [6.45, 7) is 2.47. The number of hydrogen-bond acceptors (Lipinski definition) is 5. The van der Waals surface area contributed by atoms with Crippen LogP contribution in [-0.4, -0.2) is 37.4 Å². The first-order valence-corrected chi connectivity index (χ1v) is 7.83. The molecule has 0 aromatic heterocycles. The van der Waals surface area contributed by atoms with E-state index in [4.69, 9.17) is 26.8 Å². The maximum atomic E-state index is 11.5. The van der Waals surface area contributed by atoms with Crippen molar-refractivity contribution >= 4 is 35.7 Å². The minimum atomic E-state index is -1.07. The van der Waals surface area contributed by atoms with Gasteiger partial charge in [0.15, 0.2) is 11.5 Å². The number of rotatable bonds is 3. The first-order valence-electron chi connectivity index (χ1n) is 7.39. The predicted molar refractivity (Wildman–Crippen MR) is 90.2 cm³/mol. The van der Waals surface area contributed by atoms with Crippen LogP contribution in [0, 0.1) is 5.92 Å². The van der Waals surface area contributed by atoms with Gasteiger partial charge in [-0.1, -0.05) is 0 Å². The van der Waals surface area contributed by atoms with Crippen LogP contribution < -0.4 is 20.5 Å². The first kappa shape index (κ1) is 18.0. The lowest BCUT2D eigenvalue weighted by molar-refractivity contribution is 0.0686. The van der Waals surface area contributed by atoms with Gasteiger partial charge in [-0.25, -0.2) is 4.79 Å². The summed E-state index contributed by atoms with van der Waals surface area (Å²) in [6, 6.07) is 1.53. The normalized spacial score (nSPS) is 18.8. The van der Waals surface area contributed by atoms with Gasteiger partial charge in [-0.2, -0.15) is 0 Å². The molecule has 0 amide bonds. The van der Waals surface area contributed by atoms with Crippen LogP contribution in [-0.2, 0) is 0 Å². The van der Waals surface area contributed by atoms with Crippen LogP contribution in [0.25, 0.3) is 0 Å². The summed E-state index contributed by atoms with van der Waals surface area (Å²) in [5.74, 6) is -0.304. The Kier molecular flexibility index (Phi) is 5.84. The minimum absolute atomic E-state index is 0. The summed E-state index contributed by atoms with van der Waals surface area (Å²) in [5.41, 5.74) is 7.24. The highest BCUT2D eigenvalue weighted by atomic mass is 35.5. The number of nitrogens with one attached hydrogen (secondary N) is 1. The number of carbonyl (C=O) groups is 1. The van der Waals surface area contributed by atoms with Crippen LogP contribution in [0.2, 0.25) is 0 Å². The number of hydrogen-bond donors (Lipinski definition) is 3. The SMILES string of the molecule is Cl.Nc1c(C(Cl)C2CCNCC2)cc(C(=O)O)c2c1OCCO2. The molecular weight excluding hydrogens is 343 g/mol. The Hall–Kier alpha value is -1.37. The second kappa shape index (κ2) is 7.47. The molecule has 2 aliphatic heterocycles. The summed E-state index contributed by atoms with van der Waals surface area (Å²) >= 11 is 6.61. The van der Waals surface area contributed by atoms with Crippen LogP contribution >= 0.6 is 24.0 Å². The lowest BCUT2D eigenvalue weighted by Crippen LogP contribution is -2.30. The van der Waals surface area contributed by atoms with Crippen LogP contribution in [0.15, 0.2) is 6.07 Å². The van der Waals surface area contributed by atoms with Gasteiger partial charge in [0, 0.05) is 0 Å². The number of halogens is 2. The number of benzene rings is 1. The molecule has 4 N–H and O–H groups in total. The average molecular weight is 363 g/mol. The summed E-state index contributed by atoms with van der Waals surface area (Å²) in [6.07, 6.45) is 1.87. The monoisotopic (exact) mass is 362 g/mol. The number of anilines is 1. The van der Waals surface area contributed by atoms with E-state index >= 15 is 0 Å². The van der Waals surface area contributed by atoms with Crippen molar-refractivity contribution in [3.05, 3.63) is 17.2 Å². The van der Waals surface area contributed by atoms with E-state index in [1.54, 1.807) is 0 Å². The van der Waals surface area contributed by atoms with E-state index in [2.05, 4.69) is 5.32 Å². The van der Waals surface area contributed by atoms with Crippen molar-refractivity contribution in [1.82, 2.24) is 5.32 Å². The van der Waals surface area contributed by atoms with Gasteiger partial charge in [-0.3, -0.25) is 0 Å². The topological polar surface area (TPSA) is 93.8 Å². The molecular formula is C15H20Cl2N2O4. The molecule has 6 nitrogen and oxygen atoms in total. The van der Waals surface area contributed by atoms with Crippen LogP contribution in [0.1, 0.15) is 34.1 Å². The molecule has 3 rings (SSSR count). The van der Waals surface area contributed by atoms with E-state index < -0.39 is 5.97 Å². The molecule has 0 radical (unpaired) electrons. The Labute approximate surface area is 145 Å². The Morgan fingerprint density at radius 3 is 2.52 bits per heavy atom. The van der Waals surface area contributed by atoms with Gasteiger partial charge in [0.2, 0.25) is 0 Å². The van der Waals surface area contributed by atoms with E-state index in [0.717, 1.165) is 25.9 Å². The second-order valence-corrected chi connectivity index (χ2v) is 6.05. The third kappa shape index (κ3) is 3.44. The van der Waals surface area contributed by atoms with E-state index in [9.17, 15) is 9.90 Å². The zero-order valence-corrected chi connectivity index (χ0v) is 14.1. The lowest BCUT2D eigenvalue weighted by Gasteiger charge is -2.29. The number of aromatic carboxylic acids is 1. The molecule has 0 spiro atoms. The molecule has 0 bridgehead atoms. The molecule has 1 aromatic carbocycles. The number of carboxylic acids is 1. The number of fused-ring (bicyclic) bond motifs is 1. The Balaban J connectivity index is 0.00000192. The first-order chi connectivity index (χ1) is 10.6. The van der Waals surface area contributed by atoms with Gasteiger partial charge in [0.1, 0.15) is 18.8 Å². The molecule has 8 heteroatoms. The standard InChI is InChI=1S/C15H19ClN2O4.ClH/c16-11(8-1-3-18-4-2-8)9-7-10(15(19)20)13-14(12(9)17)22-6-5-21-13;/h7-8,11,18H,1-6,17H2,(H,19,20);1H. The van der Waals surface area contributed by atoms with Crippen molar-refractivity contribution in [2.75, 3.05) is 32.0 Å². The van der Waals surface area contributed by atoms with Crippen molar-refractivity contribution < 1.29 is 19.4 Å². The quantitative estimate of drug-likeness (QED) is 0.564. The molecule has 1 atom stereocenters. The minimum Gasteiger partial charge on any atom is -0.485 e. The molecule has 1 unspecified atom stereocenters. The van der Waals surface area contributed by atoms with E-state index in [1.165, 1.54) is 6.07 Å². The largest absolute Gasteiger partial charge is 0.485 e. The lowest BCUT2D eigenvalue weighted by atomic mass is 9.88. The number of nitrogen functional groups attached to an aromatic ring is 1. The number of alkyl halides is 1. The Bertz CT molecular complexity index is 591. The van der Waals surface area contributed by atoms with Gasteiger partial charge in [-0.15, -0.1) is 24.0 Å². The summed E-state index contributed by atoms with van der Waals surface area (Å²) < 4.78 is 11.0. The number of carboxylic acid groups (broad SMARTS) is 1. The fourth-order valence-corrected chi connectivity index (χ4v) is 3.46. The highest BCUT2D eigenvalue weighted by Crippen LogP contribution is 2.47. The van der Waals surface area contributed by atoms with Crippen molar-refractivity contribution in [2.24, 2.45) is 5.92 Å². The highest BCUT2D eigenvalue weighted by molar-refractivity contribution is 6.21. The zero-order chi connectivity index (χ0) is 15.7. The number of piperidine rings is 1. The molecule has 0 aliphatic carbocycles. The van der Waals surface area contributed by atoms with E-state index in [-0.39, 0.29) is 35.0 Å². The number of nitrogens with two attached hydrogens (primary N) is 1. The van der Waals surface area contributed by atoms with Crippen molar-refractivity contribution in [3.8, 4) is 11.5 Å². The predicted octanol–water partition coefficient (Wildman–Crippen LogP) is 2.44. The second-order valence-electron chi connectivity index (χ2n) is 5.58. The van der Waals surface area contributed by atoms with Crippen molar-refractivity contribution in [2.45, 2.75) is 18.2 Å². The van der Waals surface area contributed by atoms with Crippen molar-refractivity contribution in [3.63, 3.8) is 0 Å². The maximum Gasteiger partial charge on any atom is 0.339 e. The third-order valence-corrected chi connectivity index (χ3v) is 4.80. The van der Waals surface area contributed by atoms with Crippen LogP contribution in [0.3, 0.4) is 0 Å². The van der Waals surface area contributed by atoms with Crippen LogP contribution in [0.5, 0.6) is 11.5 Å². The van der Waals surface area contributed by atoms with Crippen LogP contribution in [0.4, 0.5) is 5.69 Å². The Morgan fingerprint density at radius 2 is 1.91 bits per heavy atom. The molecule has 0 saturated carbocycles. The number of ether oxygens (including phenoxy) is 2. The maximum absolute atomic E-state index is 11.5. The molecule has 1 saturated heterocycles. The molecule has 2 aliphatic rings. The highest BCUT2D eigenvalue weighted by Gasteiger charge is 2.31. The average Bonchev–Trinajstić information content (AvgIpc) is 2.55. The smallest absolute Gasteiger partial charge is 0.339 e. The third-order valence-electron chi connectivity index (χ3n) is 4.21. The summed E-state index contributed by atoms with van der Waals surface area (Å²) in [7, 11) is 0. The van der Waals surface area contributed by atoms with Crippen molar-refractivity contribution in [1.29, 1.82) is 0 Å². The van der Waals surface area contributed by atoms with Gasteiger partial charge < -0.3 is 25.6 Å². The molecule has 23 heavy (non-hydrogen) atoms. The molecule has 1 fully saturated rings. The van der Waals surface area contributed by atoms with E-state index in [1.807, 2.05) is 0 Å².